The molecule has 7 nitrogen and oxygen atoms in total. The van der Waals surface area contributed by atoms with Gasteiger partial charge in [-0.2, -0.15) is 0 Å². The van der Waals surface area contributed by atoms with Crippen molar-refractivity contribution in [2.24, 2.45) is 0 Å². The maximum atomic E-state index is 12.2. The van der Waals surface area contributed by atoms with Gasteiger partial charge >= 0.3 is 5.97 Å². The molecule has 138 valence electrons. The fraction of sp³-hybridized carbons (Fsp3) is 0.368. The van der Waals surface area contributed by atoms with Crippen LogP contribution in [0.25, 0.3) is 0 Å². The second kappa shape index (κ2) is 7.51. The van der Waals surface area contributed by atoms with Crippen LogP contribution in [0.15, 0.2) is 28.7 Å². The predicted octanol–water partition coefficient (Wildman–Crippen LogP) is 2.48. The number of amides is 1. The molecule has 0 saturated carbocycles. The first-order valence-corrected chi connectivity index (χ1v) is 8.30. The number of carbonyl (C=O) groups is 2. The lowest BCUT2D eigenvalue weighted by Crippen LogP contribution is -2.31. The Morgan fingerprint density at radius 2 is 1.85 bits per heavy atom. The van der Waals surface area contributed by atoms with Crippen LogP contribution in [-0.2, 0) is 16.1 Å². The highest BCUT2D eigenvalue weighted by atomic mass is 16.6. The van der Waals surface area contributed by atoms with Crippen LogP contribution in [0.3, 0.4) is 0 Å². The smallest absolute Gasteiger partial charge is 0.342 e. The van der Waals surface area contributed by atoms with E-state index >= 15 is 0 Å². The molecule has 0 bridgehead atoms. The van der Waals surface area contributed by atoms with Crippen molar-refractivity contribution in [1.82, 2.24) is 4.90 Å². The van der Waals surface area contributed by atoms with Gasteiger partial charge in [0.05, 0.1) is 0 Å². The molecule has 2 heterocycles. The van der Waals surface area contributed by atoms with Gasteiger partial charge in [0.15, 0.2) is 18.1 Å². The number of likely N-dealkylation sites (N-methyl/N-ethyl adjacent to an activating group) is 1. The highest BCUT2D eigenvalue weighted by Crippen LogP contribution is 2.31. The van der Waals surface area contributed by atoms with Crippen molar-refractivity contribution in [3.63, 3.8) is 0 Å². The molecule has 0 spiro atoms. The fourth-order valence-electron chi connectivity index (χ4n) is 2.70. The van der Waals surface area contributed by atoms with Crippen molar-refractivity contribution >= 4 is 11.9 Å². The quantitative estimate of drug-likeness (QED) is 0.763. The fourth-order valence-corrected chi connectivity index (χ4v) is 2.70. The van der Waals surface area contributed by atoms with Crippen LogP contribution in [0.5, 0.6) is 11.5 Å². The van der Waals surface area contributed by atoms with Crippen molar-refractivity contribution in [2.45, 2.75) is 20.4 Å². The molecule has 1 aromatic heterocycles. The van der Waals surface area contributed by atoms with Crippen LogP contribution in [-0.4, -0.2) is 43.6 Å². The number of carbonyl (C=O) groups excluding carboxylic acids is 2. The Bertz CT molecular complexity index is 825. The third-order valence-corrected chi connectivity index (χ3v) is 4.04. The summed E-state index contributed by atoms with van der Waals surface area (Å²) >= 11 is 0. The number of rotatable bonds is 5. The third kappa shape index (κ3) is 3.99. The third-order valence-electron chi connectivity index (χ3n) is 4.04. The number of hydrogen-bond acceptors (Lipinski definition) is 6. The Labute approximate surface area is 151 Å². The van der Waals surface area contributed by atoms with E-state index in [1.165, 1.54) is 4.90 Å². The zero-order chi connectivity index (χ0) is 18.7. The molecule has 0 saturated heterocycles. The summed E-state index contributed by atoms with van der Waals surface area (Å²) in [6.45, 7) is 4.51. The summed E-state index contributed by atoms with van der Waals surface area (Å²) in [6.07, 6.45) is 0. The molecular formula is C19H21NO6. The number of esters is 1. The molecule has 0 atom stereocenters. The number of furan rings is 1. The van der Waals surface area contributed by atoms with Crippen molar-refractivity contribution in [3.8, 4) is 11.5 Å². The van der Waals surface area contributed by atoms with Gasteiger partial charge in [0, 0.05) is 13.6 Å². The minimum atomic E-state index is -0.569. The average Bonchev–Trinajstić information content (AvgIpc) is 2.97. The summed E-state index contributed by atoms with van der Waals surface area (Å²) < 4.78 is 21.4. The molecule has 1 aliphatic rings. The highest BCUT2D eigenvalue weighted by Gasteiger charge is 2.18. The first-order valence-electron chi connectivity index (χ1n) is 8.30. The van der Waals surface area contributed by atoms with E-state index in [1.54, 1.807) is 27.0 Å². The van der Waals surface area contributed by atoms with Gasteiger partial charge in [-0.25, -0.2) is 4.79 Å². The van der Waals surface area contributed by atoms with Crippen molar-refractivity contribution < 1.29 is 28.2 Å². The Morgan fingerprint density at radius 1 is 1.12 bits per heavy atom. The monoisotopic (exact) mass is 359 g/mol. The Kier molecular flexibility index (Phi) is 5.16. The second-order valence-electron chi connectivity index (χ2n) is 6.13. The van der Waals surface area contributed by atoms with Gasteiger partial charge in [-0.15, -0.1) is 0 Å². The summed E-state index contributed by atoms with van der Waals surface area (Å²) in [7, 11) is 1.65. The molecule has 7 heteroatoms. The van der Waals surface area contributed by atoms with Crippen LogP contribution in [0.1, 0.15) is 27.4 Å². The maximum Gasteiger partial charge on any atom is 0.342 e. The Balaban J connectivity index is 1.54. The molecular weight excluding hydrogens is 338 g/mol. The van der Waals surface area contributed by atoms with E-state index < -0.39 is 5.97 Å². The topological polar surface area (TPSA) is 78.2 Å². The van der Waals surface area contributed by atoms with Crippen molar-refractivity contribution in [2.75, 3.05) is 26.9 Å². The van der Waals surface area contributed by atoms with Gasteiger partial charge < -0.3 is 23.5 Å². The molecule has 26 heavy (non-hydrogen) atoms. The van der Waals surface area contributed by atoms with E-state index in [2.05, 4.69) is 0 Å². The molecule has 1 amide bonds. The molecule has 2 aromatic rings. The van der Waals surface area contributed by atoms with Crippen LogP contribution < -0.4 is 9.47 Å². The highest BCUT2D eigenvalue weighted by molar-refractivity contribution is 5.92. The van der Waals surface area contributed by atoms with Gasteiger partial charge in [-0.1, -0.05) is 6.07 Å². The maximum absolute atomic E-state index is 12.2. The van der Waals surface area contributed by atoms with E-state index in [0.717, 1.165) is 5.56 Å². The number of aryl methyl sites for hydroxylation is 2. The first kappa shape index (κ1) is 17.8. The van der Waals surface area contributed by atoms with E-state index in [-0.39, 0.29) is 12.5 Å². The molecule has 0 aliphatic carbocycles. The van der Waals surface area contributed by atoms with Crippen molar-refractivity contribution in [3.05, 3.63) is 46.9 Å². The SMILES string of the molecule is Cc1cc(C(=O)OCC(=O)N(C)Cc2ccc3c(c2)OCCO3)c(C)o1. The normalized spacial score (nSPS) is 12.6. The van der Waals surface area contributed by atoms with Crippen LogP contribution in [0.2, 0.25) is 0 Å². The summed E-state index contributed by atoms with van der Waals surface area (Å²) in [6, 6.07) is 7.15. The largest absolute Gasteiger partial charge is 0.486 e. The lowest BCUT2D eigenvalue weighted by atomic mass is 10.2. The Morgan fingerprint density at radius 3 is 2.54 bits per heavy atom. The minimum Gasteiger partial charge on any atom is -0.486 e. The number of nitrogens with zero attached hydrogens (tertiary/aromatic N) is 1. The summed E-state index contributed by atoms with van der Waals surface area (Å²) in [5.41, 5.74) is 1.24. The zero-order valence-electron chi connectivity index (χ0n) is 15.0. The van der Waals surface area contributed by atoms with Gasteiger partial charge in [-0.3, -0.25) is 4.79 Å². The second-order valence-corrected chi connectivity index (χ2v) is 6.13. The average molecular weight is 359 g/mol. The molecule has 0 unspecified atom stereocenters. The standard InChI is InChI=1S/C19H21NO6/c1-12-8-15(13(2)26-12)19(22)25-11-18(21)20(3)10-14-4-5-16-17(9-14)24-7-6-23-16/h4-5,8-9H,6-7,10-11H2,1-3H3. The van der Waals surface area contributed by atoms with Gasteiger partial charge in [-0.05, 0) is 37.6 Å². The number of hydrogen-bond donors (Lipinski definition) is 0. The lowest BCUT2D eigenvalue weighted by molar-refractivity contribution is -0.133. The van der Waals surface area contributed by atoms with Gasteiger partial charge in [0.1, 0.15) is 30.3 Å². The van der Waals surface area contributed by atoms with Crippen LogP contribution in [0, 0.1) is 13.8 Å². The number of fused-ring (bicyclic) bond motifs is 1. The van der Waals surface area contributed by atoms with Crippen LogP contribution in [0.4, 0.5) is 0 Å². The van der Waals surface area contributed by atoms with E-state index in [1.807, 2.05) is 18.2 Å². The summed E-state index contributed by atoms with van der Waals surface area (Å²) in [5.74, 6) is 1.60. The van der Waals surface area contributed by atoms with E-state index in [0.29, 0.717) is 48.3 Å². The van der Waals surface area contributed by atoms with Gasteiger partial charge in [0.25, 0.3) is 5.91 Å². The molecule has 1 aromatic carbocycles. The van der Waals surface area contributed by atoms with Crippen LogP contribution >= 0.6 is 0 Å². The summed E-state index contributed by atoms with van der Waals surface area (Å²) in [4.78, 5) is 25.8. The molecule has 0 radical (unpaired) electrons. The number of ether oxygens (including phenoxy) is 3. The molecule has 1 aliphatic heterocycles. The van der Waals surface area contributed by atoms with Crippen molar-refractivity contribution in [1.29, 1.82) is 0 Å². The van der Waals surface area contributed by atoms with Gasteiger partial charge in [0.2, 0.25) is 0 Å². The minimum absolute atomic E-state index is 0.300. The van der Waals surface area contributed by atoms with E-state index in [9.17, 15) is 9.59 Å². The molecule has 0 N–H and O–H groups in total. The lowest BCUT2D eigenvalue weighted by Gasteiger charge is -2.21. The molecule has 3 rings (SSSR count). The van der Waals surface area contributed by atoms with E-state index in [4.69, 9.17) is 18.6 Å². The predicted molar refractivity (Wildman–Crippen MR) is 92.4 cm³/mol. The first-order chi connectivity index (χ1) is 12.4. The Hall–Kier alpha value is -2.96. The number of benzene rings is 1. The zero-order valence-corrected chi connectivity index (χ0v) is 15.0. The summed E-state index contributed by atoms with van der Waals surface area (Å²) in [5, 5.41) is 0. The molecule has 0 fully saturated rings.